The second-order valence-electron chi connectivity index (χ2n) is 5.36. The van der Waals surface area contributed by atoms with Crippen LogP contribution in [0.2, 0.25) is 0 Å². The van der Waals surface area contributed by atoms with Crippen molar-refractivity contribution in [3.05, 3.63) is 40.8 Å². The molecule has 2 heterocycles. The Kier molecular flexibility index (Phi) is 4.45. The summed E-state index contributed by atoms with van der Waals surface area (Å²) in [6.45, 7) is 2.20. The molecule has 1 aromatic carbocycles. The highest BCUT2D eigenvalue weighted by Gasteiger charge is 2.13. The number of benzene rings is 1. The van der Waals surface area contributed by atoms with Gasteiger partial charge in [0.2, 0.25) is 0 Å². The lowest BCUT2D eigenvalue weighted by Gasteiger charge is -2.02. The molecule has 0 unspecified atom stereocenters. The second kappa shape index (κ2) is 6.34. The van der Waals surface area contributed by atoms with E-state index >= 15 is 0 Å². The first kappa shape index (κ1) is 15.4. The molecular weight excluding hydrogens is 320 g/mol. The topological polar surface area (TPSA) is 26.0 Å². The van der Waals surface area contributed by atoms with Crippen LogP contribution in [0.25, 0.3) is 19.8 Å². The minimum absolute atomic E-state index is 0.416. The summed E-state index contributed by atoms with van der Waals surface area (Å²) in [6.07, 6.45) is 4.80. The van der Waals surface area contributed by atoms with Gasteiger partial charge in [-0.3, -0.25) is 0 Å². The summed E-state index contributed by atoms with van der Waals surface area (Å²) < 4.78 is 29.5. The van der Waals surface area contributed by atoms with Gasteiger partial charge in [-0.2, -0.15) is 0 Å². The zero-order valence-corrected chi connectivity index (χ0v) is 13.9. The number of hydrogen-bond donors (Lipinski definition) is 1. The second-order valence-corrected chi connectivity index (χ2v) is 7.61. The van der Waals surface area contributed by atoms with E-state index in [4.69, 9.17) is 5.73 Å². The van der Waals surface area contributed by atoms with Crippen LogP contribution in [0.5, 0.6) is 0 Å². The summed E-state index contributed by atoms with van der Waals surface area (Å²) in [7, 11) is 0. The van der Waals surface area contributed by atoms with Gasteiger partial charge in [0.05, 0.1) is 0 Å². The predicted molar refractivity (Wildman–Crippen MR) is 92.7 cm³/mol. The number of fused-ring (bicyclic) bond motifs is 1. The molecule has 0 radical (unpaired) electrons. The molecule has 0 aliphatic heterocycles. The summed E-state index contributed by atoms with van der Waals surface area (Å²) in [5.74, 6) is -1.40. The molecule has 0 fully saturated rings. The van der Waals surface area contributed by atoms with Gasteiger partial charge in [0.15, 0.2) is 0 Å². The van der Waals surface area contributed by atoms with Crippen LogP contribution in [0.15, 0.2) is 24.3 Å². The molecule has 0 saturated carbocycles. The van der Waals surface area contributed by atoms with Crippen molar-refractivity contribution in [1.82, 2.24) is 0 Å². The number of hydrogen-bond acceptors (Lipinski definition) is 3. The average Bonchev–Trinajstić information content (AvgIpc) is 3.03. The smallest absolute Gasteiger partial charge is 0.149 e. The number of aryl methyl sites for hydroxylation is 1. The van der Waals surface area contributed by atoms with Crippen molar-refractivity contribution in [2.45, 2.75) is 32.6 Å². The highest BCUT2D eigenvalue weighted by molar-refractivity contribution is 7.29. The van der Waals surface area contributed by atoms with E-state index in [1.807, 2.05) is 6.07 Å². The van der Waals surface area contributed by atoms with Crippen LogP contribution in [-0.2, 0) is 6.42 Å². The first-order valence-electron chi connectivity index (χ1n) is 7.35. The number of unbranched alkanes of at least 4 members (excludes halogenated alkanes) is 2. The Bertz CT molecular complexity index is 750. The molecule has 116 valence electrons. The first-order valence-corrected chi connectivity index (χ1v) is 8.99. The van der Waals surface area contributed by atoms with Gasteiger partial charge < -0.3 is 5.73 Å². The van der Waals surface area contributed by atoms with Gasteiger partial charge in [-0.25, -0.2) is 8.78 Å². The predicted octanol–water partition coefficient (Wildman–Crippen LogP) is 6.22. The van der Waals surface area contributed by atoms with Gasteiger partial charge in [-0.1, -0.05) is 19.8 Å². The fourth-order valence-electron chi connectivity index (χ4n) is 2.43. The van der Waals surface area contributed by atoms with Crippen molar-refractivity contribution in [3.63, 3.8) is 0 Å². The van der Waals surface area contributed by atoms with Crippen LogP contribution in [0.3, 0.4) is 0 Å². The largest absolute Gasteiger partial charge is 0.394 e. The molecule has 1 nitrogen and oxygen atoms in total. The Labute approximate surface area is 136 Å². The lowest BCUT2D eigenvalue weighted by molar-refractivity contribution is 0.592. The number of thiophene rings is 2. The SMILES string of the molecule is CCCCCc1cc2sc(-c3cc(F)c(N)c(F)c3)cc2s1. The molecule has 22 heavy (non-hydrogen) atoms. The molecule has 0 amide bonds. The first-order chi connectivity index (χ1) is 10.6. The number of nitrogens with two attached hydrogens (primary N) is 1. The summed E-state index contributed by atoms with van der Waals surface area (Å²) in [4.78, 5) is 2.26. The maximum absolute atomic E-state index is 13.6. The lowest BCUT2D eigenvalue weighted by atomic mass is 10.1. The van der Waals surface area contributed by atoms with E-state index in [2.05, 4.69) is 13.0 Å². The Hall–Kier alpha value is -1.46. The molecule has 0 spiro atoms. The third kappa shape index (κ3) is 3.01. The van der Waals surface area contributed by atoms with E-state index in [1.54, 1.807) is 22.7 Å². The van der Waals surface area contributed by atoms with Crippen molar-refractivity contribution >= 4 is 37.8 Å². The van der Waals surface area contributed by atoms with Gasteiger partial charge >= 0.3 is 0 Å². The van der Waals surface area contributed by atoms with E-state index in [9.17, 15) is 8.78 Å². The molecule has 0 bridgehead atoms. The molecule has 0 atom stereocenters. The number of anilines is 1. The third-order valence-electron chi connectivity index (χ3n) is 3.65. The zero-order chi connectivity index (χ0) is 15.7. The van der Waals surface area contributed by atoms with E-state index in [-0.39, 0.29) is 0 Å². The highest BCUT2D eigenvalue weighted by atomic mass is 32.1. The molecule has 3 aromatic rings. The van der Waals surface area contributed by atoms with Crippen molar-refractivity contribution in [2.75, 3.05) is 5.73 Å². The van der Waals surface area contributed by atoms with Crippen LogP contribution < -0.4 is 5.73 Å². The van der Waals surface area contributed by atoms with Crippen molar-refractivity contribution in [3.8, 4) is 10.4 Å². The monoisotopic (exact) mass is 337 g/mol. The Morgan fingerprint density at radius 1 is 0.955 bits per heavy atom. The molecule has 0 aliphatic carbocycles. The third-order valence-corrected chi connectivity index (χ3v) is 6.05. The number of nitrogen functional groups attached to an aromatic ring is 1. The molecule has 3 rings (SSSR count). The van der Waals surface area contributed by atoms with Crippen molar-refractivity contribution < 1.29 is 8.78 Å². The van der Waals surface area contributed by atoms with Gasteiger partial charge in [-0.15, -0.1) is 22.7 Å². The molecule has 0 saturated heterocycles. The highest BCUT2D eigenvalue weighted by Crippen LogP contribution is 2.39. The van der Waals surface area contributed by atoms with E-state index < -0.39 is 17.3 Å². The normalized spacial score (nSPS) is 11.4. The molecule has 5 heteroatoms. The number of rotatable bonds is 5. The van der Waals surface area contributed by atoms with Crippen LogP contribution in [-0.4, -0.2) is 0 Å². The lowest BCUT2D eigenvalue weighted by Crippen LogP contribution is -1.95. The van der Waals surface area contributed by atoms with Crippen LogP contribution in [0.4, 0.5) is 14.5 Å². The average molecular weight is 337 g/mol. The van der Waals surface area contributed by atoms with E-state index in [0.717, 1.165) is 11.3 Å². The van der Waals surface area contributed by atoms with E-state index in [1.165, 1.54) is 45.7 Å². The minimum atomic E-state index is -0.702. The number of halogens is 2. The quantitative estimate of drug-likeness (QED) is 0.434. The molecule has 2 N–H and O–H groups in total. The maximum Gasteiger partial charge on any atom is 0.149 e. The van der Waals surface area contributed by atoms with Gasteiger partial charge in [0.25, 0.3) is 0 Å². The molecule has 2 aromatic heterocycles. The van der Waals surface area contributed by atoms with Crippen LogP contribution in [0, 0.1) is 11.6 Å². The molecular formula is C17H17F2NS2. The Balaban J connectivity index is 1.88. The van der Waals surface area contributed by atoms with Crippen LogP contribution in [0.1, 0.15) is 31.1 Å². The summed E-state index contributed by atoms with van der Waals surface area (Å²) in [5.41, 5.74) is 5.45. The van der Waals surface area contributed by atoms with Crippen molar-refractivity contribution in [2.24, 2.45) is 0 Å². The maximum atomic E-state index is 13.6. The zero-order valence-electron chi connectivity index (χ0n) is 12.3. The summed E-state index contributed by atoms with van der Waals surface area (Å²) >= 11 is 3.34. The van der Waals surface area contributed by atoms with Gasteiger partial charge in [0.1, 0.15) is 17.3 Å². The summed E-state index contributed by atoms with van der Waals surface area (Å²) in [6, 6.07) is 6.82. The van der Waals surface area contributed by atoms with Crippen LogP contribution >= 0.6 is 22.7 Å². The van der Waals surface area contributed by atoms with Crippen molar-refractivity contribution in [1.29, 1.82) is 0 Å². The fourth-order valence-corrected chi connectivity index (χ4v) is 4.88. The summed E-state index contributed by atoms with van der Waals surface area (Å²) in [5, 5.41) is 0. The minimum Gasteiger partial charge on any atom is -0.394 e. The molecule has 0 aliphatic rings. The fraction of sp³-hybridized carbons (Fsp3) is 0.294. The van der Waals surface area contributed by atoms with Gasteiger partial charge in [-0.05, 0) is 42.7 Å². The van der Waals surface area contributed by atoms with Gasteiger partial charge in [0, 0.05) is 19.2 Å². The van der Waals surface area contributed by atoms with E-state index in [0.29, 0.717) is 5.56 Å². The Morgan fingerprint density at radius 2 is 1.64 bits per heavy atom. The Morgan fingerprint density at radius 3 is 2.27 bits per heavy atom. The standard InChI is InChI=1S/C17H17F2NS2/c1-2-3-4-5-11-8-15-16(21-11)9-14(22-15)10-6-12(18)17(20)13(19)7-10/h6-9H,2-5,20H2,1H3.